The Morgan fingerprint density at radius 1 is 0.875 bits per heavy atom. The summed E-state index contributed by atoms with van der Waals surface area (Å²) in [7, 11) is 0. The molecule has 0 aliphatic carbocycles. The lowest BCUT2D eigenvalue weighted by atomic mass is 10.1. The van der Waals surface area contributed by atoms with Crippen molar-refractivity contribution < 1.29 is 18.3 Å². The van der Waals surface area contributed by atoms with Crippen molar-refractivity contribution in [1.82, 2.24) is 15.1 Å². The zero-order valence-electron chi connectivity index (χ0n) is 17.2. The third-order valence-corrected chi connectivity index (χ3v) is 4.84. The first-order valence-electron chi connectivity index (χ1n) is 10.1. The standard InChI is InChI=1S/C25H21F2N3O2/c26-20-8-6-18(7-9-20)14-15-28-25(31)24-23(32-17-19-4-2-1-3-5-19)16-30(29-24)22-12-10-21(27)11-13-22/h1-13,16H,14-15,17H2,(H,28,31). The largest absolute Gasteiger partial charge is 0.485 e. The maximum atomic E-state index is 13.3. The Bertz CT molecular complexity index is 1170. The summed E-state index contributed by atoms with van der Waals surface area (Å²) in [4.78, 5) is 12.8. The van der Waals surface area contributed by atoms with Crippen molar-refractivity contribution in [3.63, 3.8) is 0 Å². The van der Waals surface area contributed by atoms with Gasteiger partial charge in [-0.3, -0.25) is 4.79 Å². The molecule has 0 radical (unpaired) electrons. The number of nitrogens with one attached hydrogen (secondary N) is 1. The van der Waals surface area contributed by atoms with Gasteiger partial charge in [-0.2, -0.15) is 5.10 Å². The molecule has 1 amide bonds. The van der Waals surface area contributed by atoms with Gasteiger partial charge in [0.05, 0.1) is 11.9 Å². The van der Waals surface area contributed by atoms with Crippen LogP contribution in [-0.2, 0) is 13.0 Å². The number of hydrogen-bond donors (Lipinski definition) is 1. The number of halogens is 2. The van der Waals surface area contributed by atoms with Gasteiger partial charge in [-0.15, -0.1) is 0 Å². The SMILES string of the molecule is O=C(NCCc1ccc(F)cc1)c1nn(-c2ccc(F)cc2)cc1OCc1ccccc1. The van der Waals surface area contributed by atoms with Crippen molar-refractivity contribution in [2.24, 2.45) is 0 Å². The van der Waals surface area contributed by atoms with Gasteiger partial charge >= 0.3 is 0 Å². The number of amides is 1. The molecule has 5 nitrogen and oxygen atoms in total. The molecule has 32 heavy (non-hydrogen) atoms. The summed E-state index contributed by atoms with van der Waals surface area (Å²) in [6.45, 7) is 0.623. The summed E-state index contributed by atoms with van der Waals surface area (Å²) in [5.41, 5.74) is 2.58. The van der Waals surface area contributed by atoms with Crippen LogP contribution in [0.4, 0.5) is 8.78 Å². The highest BCUT2D eigenvalue weighted by Gasteiger charge is 2.19. The summed E-state index contributed by atoms with van der Waals surface area (Å²) in [5, 5.41) is 7.19. The fourth-order valence-corrected chi connectivity index (χ4v) is 3.14. The Hall–Kier alpha value is -4.00. The predicted molar refractivity (Wildman–Crippen MR) is 117 cm³/mol. The average Bonchev–Trinajstić information content (AvgIpc) is 3.24. The fourth-order valence-electron chi connectivity index (χ4n) is 3.14. The van der Waals surface area contributed by atoms with E-state index in [-0.39, 0.29) is 23.9 Å². The number of hydrogen-bond acceptors (Lipinski definition) is 3. The number of rotatable bonds is 8. The first kappa shape index (κ1) is 21.2. The molecule has 0 saturated carbocycles. The molecule has 0 saturated heterocycles. The number of carbonyl (C=O) groups is 1. The Morgan fingerprint density at radius 3 is 2.22 bits per heavy atom. The second kappa shape index (κ2) is 9.87. The summed E-state index contributed by atoms with van der Waals surface area (Å²) in [5.74, 6) is -0.738. The van der Waals surface area contributed by atoms with Gasteiger partial charge < -0.3 is 10.1 Å². The van der Waals surface area contributed by atoms with Crippen molar-refractivity contribution in [3.8, 4) is 11.4 Å². The average molecular weight is 433 g/mol. The molecule has 1 heterocycles. The number of ether oxygens (including phenoxy) is 1. The van der Waals surface area contributed by atoms with Gasteiger partial charge in [-0.1, -0.05) is 42.5 Å². The second-order valence-corrected chi connectivity index (χ2v) is 7.17. The summed E-state index contributed by atoms with van der Waals surface area (Å²) in [6, 6.07) is 21.5. The van der Waals surface area contributed by atoms with Crippen molar-refractivity contribution in [1.29, 1.82) is 0 Å². The molecule has 0 atom stereocenters. The quantitative estimate of drug-likeness (QED) is 0.438. The Kier molecular flexibility index (Phi) is 6.55. The zero-order valence-corrected chi connectivity index (χ0v) is 17.2. The summed E-state index contributed by atoms with van der Waals surface area (Å²) >= 11 is 0. The fraction of sp³-hybridized carbons (Fsp3) is 0.120. The molecule has 3 aromatic carbocycles. The summed E-state index contributed by atoms with van der Waals surface area (Å²) in [6.07, 6.45) is 2.15. The highest BCUT2D eigenvalue weighted by molar-refractivity contribution is 5.95. The first-order chi connectivity index (χ1) is 15.6. The molecule has 0 aliphatic rings. The van der Waals surface area contributed by atoms with Gasteiger partial charge in [0.15, 0.2) is 11.4 Å². The monoisotopic (exact) mass is 433 g/mol. The van der Waals surface area contributed by atoms with E-state index >= 15 is 0 Å². The molecular formula is C25H21F2N3O2. The topological polar surface area (TPSA) is 56.2 Å². The maximum absolute atomic E-state index is 13.3. The van der Waals surface area contributed by atoms with Gasteiger partial charge in [0.25, 0.3) is 5.91 Å². The third-order valence-electron chi connectivity index (χ3n) is 4.84. The highest BCUT2D eigenvalue weighted by atomic mass is 19.1. The molecule has 4 rings (SSSR count). The van der Waals surface area contributed by atoms with Crippen LogP contribution in [0.25, 0.3) is 5.69 Å². The molecule has 0 aliphatic heterocycles. The predicted octanol–water partition coefficient (Wildman–Crippen LogP) is 4.70. The molecular weight excluding hydrogens is 412 g/mol. The van der Waals surface area contributed by atoms with Crippen molar-refractivity contribution in [3.05, 3.63) is 114 Å². The van der Waals surface area contributed by atoms with E-state index in [1.165, 1.54) is 28.9 Å². The van der Waals surface area contributed by atoms with Gasteiger partial charge in [0.2, 0.25) is 0 Å². The minimum absolute atomic E-state index is 0.129. The number of benzene rings is 3. The van der Waals surface area contributed by atoms with Crippen LogP contribution in [0, 0.1) is 11.6 Å². The molecule has 0 bridgehead atoms. The Balaban J connectivity index is 1.50. The molecule has 7 heteroatoms. The smallest absolute Gasteiger partial charge is 0.275 e. The van der Waals surface area contributed by atoms with E-state index in [9.17, 15) is 13.6 Å². The highest BCUT2D eigenvalue weighted by Crippen LogP contribution is 2.21. The Labute approximate surface area is 184 Å². The van der Waals surface area contributed by atoms with E-state index in [4.69, 9.17) is 4.74 Å². The van der Waals surface area contributed by atoms with Crippen LogP contribution >= 0.6 is 0 Å². The van der Waals surface area contributed by atoms with Crippen molar-refractivity contribution in [2.45, 2.75) is 13.0 Å². The summed E-state index contributed by atoms with van der Waals surface area (Å²) < 4.78 is 33.7. The van der Waals surface area contributed by atoms with Crippen LogP contribution in [0.15, 0.2) is 85.1 Å². The normalized spacial score (nSPS) is 10.7. The van der Waals surface area contributed by atoms with Crippen LogP contribution in [0.5, 0.6) is 5.75 Å². The Morgan fingerprint density at radius 2 is 1.53 bits per heavy atom. The lowest BCUT2D eigenvalue weighted by Gasteiger charge is -2.07. The van der Waals surface area contributed by atoms with Gasteiger partial charge in [0, 0.05) is 6.54 Å². The van der Waals surface area contributed by atoms with Crippen LogP contribution in [0.1, 0.15) is 21.6 Å². The van der Waals surface area contributed by atoms with Crippen molar-refractivity contribution >= 4 is 5.91 Å². The van der Waals surface area contributed by atoms with Gasteiger partial charge in [-0.05, 0) is 53.9 Å². The molecule has 0 spiro atoms. The molecule has 0 unspecified atom stereocenters. The van der Waals surface area contributed by atoms with E-state index < -0.39 is 5.91 Å². The molecule has 1 N–H and O–H groups in total. The van der Waals surface area contributed by atoms with Crippen molar-refractivity contribution in [2.75, 3.05) is 6.54 Å². The number of nitrogens with zero attached hydrogens (tertiary/aromatic N) is 2. The first-order valence-corrected chi connectivity index (χ1v) is 10.1. The lowest BCUT2D eigenvalue weighted by Crippen LogP contribution is -2.26. The zero-order chi connectivity index (χ0) is 22.3. The van der Waals surface area contributed by atoms with E-state index in [1.807, 2.05) is 30.3 Å². The van der Waals surface area contributed by atoms with Crippen LogP contribution in [0.2, 0.25) is 0 Å². The van der Waals surface area contributed by atoms with E-state index in [0.717, 1.165) is 11.1 Å². The molecule has 0 fully saturated rings. The minimum Gasteiger partial charge on any atom is -0.485 e. The third kappa shape index (κ3) is 5.37. The molecule has 4 aromatic rings. The van der Waals surface area contributed by atoms with E-state index in [1.54, 1.807) is 30.5 Å². The van der Waals surface area contributed by atoms with Crippen LogP contribution in [0.3, 0.4) is 0 Å². The van der Waals surface area contributed by atoms with E-state index in [2.05, 4.69) is 10.4 Å². The number of carbonyl (C=O) groups excluding carboxylic acids is 1. The maximum Gasteiger partial charge on any atom is 0.275 e. The molecule has 162 valence electrons. The van der Waals surface area contributed by atoms with Gasteiger partial charge in [0.1, 0.15) is 18.2 Å². The lowest BCUT2D eigenvalue weighted by molar-refractivity contribution is 0.0944. The van der Waals surface area contributed by atoms with Crippen LogP contribution in [-0.4, -0.2) is 22.2 Å². The van der Waals surface area contributed by atoms with Gasteiger partial charge in [-0.25, -0.2) is 13.5 Å². The minimum atomic E-state index is -0.393. The van der Waals surface area contributed by atoms with E-state index in [0.29, 0.717) is 24.4 Å². The molecule has 1 aromatic heterocycles. The van der Waals surface area contributed by atoms with Crippen LogP contribution < -0.4 is 10.1 Å². The number of aromatic nitrogens is 2. The second-order valence-electron chi connectivity index (χ2n) is 7.17.